The normalized spacial score (nSPS) is 20.8. The van der Waals surface area contributed by atoms with E-state index in [1.807, 2.05) is 0 Å². The third-order valence-electron chi connectivity index (χ3n) is 3.41. The number of hydrogen-bond acceptors (Lipinski definition) is 4. The molecule has 0 saturated heterocycles. The van der Waals surface area contributed by atoms with Crippen LogP contribution in [0.3, 0.4) is 0 Å². The maximum atomic E-state index is 9.96. The Hall–Kier alpha value is -1.42. The molecular weight excluding hydrogens is 218 g/mol. The molecule has 92 valence electrons. The first-order chi connectivity index (χ1) is 8.18. The fraction of sp³-hybridized carbons (Fsp3) is 0.538. The van der Waals surface area contributed by atoms with Gasteiger partial charge in [-0.15, -0.1) is 0 Å². The van der Waals surface area contributed by atoms with Gasteiger partial charge in [-0.2, -0.15) is 0 Å². The van der Waals surface area contributed by atoms with Gasteiger partial charge in [0.2, 0.25) is 0 Å². The highest BCUT2D eigenvalue weighted by Crippen LogP contribution is 2.44. The second kappa shape index (κ2) is 3.81. The zero-order chi connectivity index (χ0) is 11.9. The van der Waals surface area contributed by atoms with E-state index in [0.29, 0.717) is 25.4 Å². The van der Waals surface area contributed by atoms with E-state index >= 15 is 0 Å². The van der Waals surface area contributed by atoms with Crippen LogP contribution in [-0.4, -0.2) is 23.9 Å². The fourth-order valence-corrected chi connectivity index (χ4v) is 2.14. The Morgan fingerprint density at radius 2 is 2.00 bits per heavy atom. The van der Waals surface area contributed by atoms with Crippen molar-refractivity contribution in [3.63, 3.8) is 0 Å². The van der Waals surface area contributed by atoms with Crippen LogP contribution in [0.4, 0.5) is 0 Å². The summed E-state index contributed by atoms with van der Waals surface area (Å²) in [5.74, 6) is 1.66. The summed E-state index contributed by atoms with van der Waals surface area (Å²) in [6, 6.07) is 3.42. The zero-order valence-electron chi connectivity index (χ0n) is 9.74. The summed E-state index contributed by atoms with van der Waals surface area (Å²) in [7, 11) is 0. The van der Waals surface area contributed by atoms with Crippen molar-refractivity contribution in [2.75, 3.05) is 13.2 Å². The molecule has 1 fully saturated rings. The van der Waals surface area contributed by atoms with E-state index in [1.54, 1.807) is 12.1 Å². The smallest absolute Gasteiger partial charge is 0.168 e. The lowest BCUT2D eigenvalue weighted by Gasteiger charge is -2.16. The first-order valence-electron chi connectivity index (χ1n) is 6.07. The van der Waals surface area contributed by atoms with E-state index in [9.17, 15) is 5.11 Å². The van der Waals surface area contributed by atoms with Crippen LogP contribution in [0.25, 0.3) is 0 Å². The van der Waals surface area contributed by atoms with Gasteiger partial charge in [-0.05, 0) is 31.4 Å². The number of ether oxygens (including phenoxy) is 2. The molecule has 0 bridgehead atoms. The Kier molecular flexibility index (Phi) is 2.40. The summed E-state index contributed by atoms with van der Waals surface area (Å²) in [5, 5.41) is 9.96. The number of phenolic OH excluding ortho intramolecular Hbond substituents is 1. The van der Waals surface area contributed by atoms with E-state index in [0.717, 1.165) is 30.6 Å². The van der Waals surface area contributed by atoms with Crippen LogP contribution in [0.1, 0.15) is 24.8 Å². The van der Waals surface area contributed by atoms with Gasteiger partial charge in [0.15, 0.2) is 11.5 Å². The second-order valence-corrected chi connectivity index (χ2v) is 4.98. The number of phenols is 1. The Morgan fingerprint density at radius 1 is 1.24 bits per heavy atom. The van der Waals surface area contributed by atoms with Crippen LogP contribution < -0.4 is 15.2 Å². The summed E-state index contributed by atoms with van der Waals surface area (Å²) < 4.78 is 11.3. The molecule has 2 aliphatic rings. The van der Waals surface area contributed by atoms with E-state index in [1.165, 1.54) is 0 Å². The molecule has 0 spiro atoms. The van der Waals surface area contributed by atoms with Crippen LogP contribution in [0.5, 0.6) is 17.2 Å². The molecule has 17 heavy (non-hydrogen) atoms. The highest BCUT2D eigenvalue weighted by atomic mass is 16.5. The van der Waals surface area contributed by atoms with E-state index in [-0.39, 0.29) is 11.3 Å². The molecule has 1 heterocycles. The Labute approximate surface area is 100 Å². The molecule has 0 unspecified atom stereocenters. The van der Waals surface area contributed by atoms with E-state index in [2.05, 4.69) is 0 Å². The highest BCUT2D eigenvalue weighted by Gasteiger charge is 2.40. The largest absolute Gasteiger partial charge is 0.508 e. The molecule has 4 nitrogen and oxygen atoms in total. The lowest BCUT2D eigenvalue weighted by Crippen LogP contribution is -2.24. The monoisotopic (exact) mass is 235 g/mol. The SMILES string of the molecule is NC1(Cc2c(O)ccc3c2OCCCO3)CC1. The number of hydrogen-bond donors (Lipinski definition) is 2. The van der Waals surface area contributed by atoms with Crippen LogP contribution in [-0.2, 0) is 6.42 Å². The van der Waals surface area contributed by atoms with Crippen molar-refractivity contribution < 1.29 is 14.6 Å². The number of fused-ring (bicyclic) bond motifs is 1. The minimum atomic E-state index is -0.151. The average molecular weight is 235 g/mol. The lowest BCUT2D eigenvalue weighted by molar-refractivity contribution is 0.295. The second-order valence-electron chi connectivity index (χ2n) is 4.98. The number of nitrogens with two attached hydrogens (primary N) is 1. The van der Waals surface area contributed by atoms with E-state index < -0.39 is 0 Å². The standard InChI is InChI=1S/C13H17NO3/c14-13(4-5-13)8-9-10(15)2-3-11-12(9)17-7-1-6-16-11/h2-3,15H,1,4-8,14H2. The van der Waals surface area contributed by atoms with Crippen LogP contribution in [0, 0.1) is 0 Å². The maximum Gasteiger partial charge on any atom is 0.168 e. The van der Waals surface area contributed by atoms with Gasteiger partial charge >= 0.3 is 0 Å². The van der Waals surface area contributed by atoms with Crippen LogP contribution in [0.2, 0.25) is 0 Å². The average Bonchev–Trinajstić information content (AvgIpc) is 3.06. The topological polar surface area (TPSA) is 64.7 Å². The molecule has 1 aromatic carbocycles. The van der Waals surface area contributed by atoms with Gasteiger partial charge in [-0.3, -0.25) is 0 Å². The molecule has 3 rings (SSSR count). The number of aromatic hydroxyl groups is 1. The van der Waals surface area contributed by atoms with Crippen molar-refractivity contribution in [1.29, 1.82) is 0 Å². The predicted molar refractivity (Wildman–Crippen MR) is 63.6 cm³/mol. The van der Waals surface area contributed by atoms with Crippen molar-refractivity contribution in [1.82, 2.24) is 0 Å². The molecule has 1 aliphatic carbocycles. The third kappa shape index (κ3) is 2.05. The van der Waals surface area contributed by atoms with Gasteiger partial charge in [0.05, 0.1) is 13.2 Å². The minimum Gasteiger partial charge on any atom is -0.508 e. The van der Waals surface area contributed by atoms with Gasteiger partial charge in [-0.25, -0.2) is 0 Å². The molecular formula is C13H17NO3. The molecule has 1 aliphatic heterocycles. The van der Waals surface area contributed by atoms with Crippen molar-refractivity contribution >= 4 is 0 Å². The summed E-state index contributed by atoms with van der Waals surface area (Å²) in [6.07, 6.45) is 3.54. The molecule has 0 aromatic heterocycles. The number of rotatable bonds is 2. The number of benzene rings is 1. The Morgan fingerprint density at radius 3 is 2.76 bits per heavy atom. The predicted octanol–water partition coefficient (Wildman–Crippen LogP) is 1.59. The van der Waals surface area contributed by atoms with Gasteiger partial charge in [0.1, 0.15) is 5.75 Å². The summed E-state index contributed by atoms with van der Waals surface area (Å²) in [6.45, 7) is 1.28. The Balaban J connectivity index is 1.99. The van der Waals surface area contributed by atoms with E-state index in [4.69, 9.17) is 15.2 Å². The van der Waals surface area contributed by atoms with Crippen molar-refractivity contribution in [2.24, 2.45) is 5.73 Å². The van der Waals surface area contributed by atoms with Crippen LogP contribution >= 0.6 is 0 Å². The molecule has 0 atom stereocenters. The van der Waals surface area contributed by atoms with Crippen molar-refractivity contribution in [3.8, 4) is 17.2 Å². The first kappa shape index (κ1) is 10.7. The quantitative estimate of drug-likeness (QED) is 0.817. The van der Waals surface area contributed by atoms with Gasteiger partial charge in [0.25, 0.3) is 0 Å². The zero-order valence-corrected chi connectivity index (χ0v) is 9.74. The molecule has 0 amide bonds. The summed E-state index contributed by atoms with van der Waals surface area (Å²) in [4.78, 5) is 0. The Bertz CT molecular complexity index is 441. The molecule has 1 aromatic rings. The molecule has 1 saturated carbocycles. The van der Waals surface area contributed by atoms with Crippen molar-refractivity contribution in [3.05, 3.63) is 17.7 Å². The minimum absolute atomic E-state index is 0.151. The van der Waals surface area contributed by atoms with Gasteiger partial charge < -0.3 is 20.3 Å². The fourth-order valence-electron chi connectivity index (χ4n) is 2.14. The van der Waals surface area contributed by atoms with Crippen molar-refractivity contribution in [2.45, 2.75) is 31.2 Å². The molecule has 4 heteroatoms. The summed E-state index contributed by atoms with van der Waals surface area (Å²) >= 11 is 0. The van der Waals surface area contributed by atoms with Gasteiger partial charge in [-0.1, -0.05) is 0 Å². The maximum absolute atomic E-state index is 9.96. The highest BCUT2D eigenvalue weighted by molar-refractivity contribution is 5.54. The van der Waals surface area contributed by atoms with Crippen LogP contribution in [0.15, 0.2) is 12.1 Å². The first-order valence-corrected chi connectivity index (χ1v) is 6.07. The molecule has 3 N–H and O–H groups in total. The molecule has 0 radical (unpaired) electrons. The third-order valence-corrected chi connectivity index (χ3v) is 3.41. The lowest BCUT2D eigenvalue weighted by atomic mass is 10.0. The summed E-state index contributed by atoms with van der Waals surface area (Å²) in [5.41, 5.74) is 6.76. The van der Waals surface area contributed by atoms with Gasteiger partial charge in [0, 0.05) is 17.5 Å².